The van der Waals surface area contributed by atoms with Crippen LogP contribution < -0.4 is 5.32 Å². The molecule has 0 saturated heterocycles. The molecule has 0 amide bonds. The molecule has 2 rings (SSSR count). The van der Waals surface area contributed by atoms with Crippen molar-refractivity contribution >= 4 is 11.3 Å². The minimum atomic E-state index is 0.513. The molecule has 0 spiro atoms. The van der Waals surface area contributed by atoms with Crippen molar-refractivity contribution in [3.8, 4) is 0 Å². The maximum Gasteiger partial charge on any atom is 0.0302 e. The molecule has 1 aliphatic carbocycles. The fourth-order valence-corrected chi connectivity index (χ4v) is 4.22. The summed E-state index contributed by atoms with van der Waals surface area (Å²) >= 11 is 1.92. The predicted molar refractivity (Wildman–Crippen MR) is 81.4 cm³/mol. The Morgan fingerprint density at radius 3 is 2.67 bits per heavy atom. The van der Waals surface area contributed by atoms with E-state index in [1.165, 1.54) is 60.4 Å². The molecule has 1 fully saturated rings. The number of aryl methyl sites for hydroxylation is 2. The number of nitrogens with one attached hydrogen (secondary N) is 1. The van der Waals surface area contributed by atoms with Gasteiger partial charge < -0.3 is 5.32 Å². The lowest BCUT2D eigenvalue weighted by atomic mass is 10.0. The van der Waals surface area contributed by atoms with Crippen molar-refractivity contribution in [3.63, 3.8) is 0 Å². The van der Waals surface area contributed by atoms with Crippen molar-refractivity contribution in [2.45, 2.75) is 65.3 Å². The third kappa shape index (κ3) is 3.83. The van der Waals surface area contributed by atoms with E-state index in [1.807, 2.05) is 11.3 Å². The van der Waals surface area contributed by atoms with Gasteiger partial charge in [-0.3, -0.25) is 0 Å². The molecule has 0 aromatic carbocycles. The third-order valence-corrected chi connectivity index (χ3v) is 5.24. The second kappa shape index (κ2) is 6.72. The molecular weight excluding hydrogens is 238 g/mol. The molecule has 0 aliphatic heterocycles. The smallest absolute Gasteiger partial charge is 0.0302 e. The second-order valence-corrected chi connectivity index (χ2v) is 7.30. The highest BCUT2D eigenvalue weighted by molar-refractivity contribution is 7.12. The van der Waals surface area contributed by atoms with Crippen LogP contribution in [0.2, 0.25) is 0 Å². The molecule has 0 radical (unpaired) electrons. The van der Waals surface area contributed by atoms with Gasteiger partial charge in [0.05, 0.1) is 0 Å². The van der Waals surface area contributed by atoms with E-state index >= 15 is 0 Å². The van der Waals surface area contributed by atoms with E-state index < -0.39 is 0 Å². The average molecular weight is 265 g/mol. The molecule has 1 unspecified atom stereocenters. The topological polar surface area (TPSA) is 12.0 Å². The van der Waals surface area contributed by atoms with Gasteiger partial charge in [-0.1, -0.05) is 25.7 Å². The zero-order valence-electron chi connectivity index (χ0n) is 12.1. The van der Waals surface area contributed by atoms with Crippen molar-refractivity contribution in [1.82, 2.24) is 5.32 Å². The highest BCUT2D eigenvalue weighted by atomic mass is 32.1. The Hall–Kier alpha value is -0.340. The quantitative estimate of drug-likeness (QED) is 0.715. The summed E-state index contributed by atoms with van der Waals surface area (Å²) in [6.07, 6.45) is 8.69. The van der Waals surface area contributed by atoms with Crippen molar-refractivity contribution in [2.75, 3.05) is 6.54 Å². The predicted octanol–water partition coefficient (Wildman–Crippen LogP) is 4.99. The Morgan fingerprint density at radius 1 is 1.33 bits per heavy atom. The minimum absolute atomic E-state index is 0.513. The standard InChI is InChI=1S/C16H27NS/c1-12-11-16(14(3)18-12)13(2)17-10-6-9-15-7-4-5-8-15/h11,13,15,17H,4-10H2,1-3H3. The summed E-state index contributed by atoms with van der Waals surface area (Å²) in [7, 11) is 0. The summed E-state index contributed by atoms with van der Waals surface area (Å²) in [6, 6.07) is 2.85. The van der Waals surface area contributed by atoms with Gasteiger partial charge in [0.25, 0.3) is 0 Å². The second-order valence-electron chi connectivity index (χ2n) is 5.84. The summed E-state index contributed by atoms with van der Waals surface area (Å²) in [5, 5.41) is 3.68. The van der Waals surface area contributed by atoms with Crippen LogP contribution in [-0.2, 0) is 0 Å². The van der Waals surface area contributed by atoms with Crippen LogP contribution in [0.15, 0.2) is 6.07 Å². The molecule has 18 heavy (non-hydrogen) atoms. The first-order chi connectivity index (χ1) is 8.66. The first-order valence-electron chi connectivity index (χ1n) is 7.47. The molecule has 0 bridgehead atoms. The molecule has 2 heteroatoms. The van der Waals surface area contributed by atoms with Crippen molar-refractivity contribution in [1.29, 1.82) is 0 Å². The molecule has 1 saturated carbocycles. The van der Waals surface area contributed by atoms with Crippen LogP contribution in [0.1, 0.15) is 66.8 Å². The summed E-state index contributed by atoms with van der Waals surface area (Å²) in [6.45, 7) is 7.91. The molecule has 1 aliphatic rings. The molecule has 1 aromatic rings. The lowest BCUT2D eigenvalue weighted by Crippen LogP contribution is -2.20. The van der Waals surface area contributed by atoms with E-state index in [2.05, 4.69) is 32.2 Å². The fourth-order valence-electron chi connectivity index (χ4n) is 3.20. The van der Waals surface area contributed by atoms with E-state index in [0.717, 1.165) is 5.92 Å². The third-order valence-electron chi connectivity index (χ3n) is 4.26. The van der Waals surface area contributed by atoms with E-state index in [1.54, 1.807) is 0 Å². The summed E-state index contributed by atoms with van der Waals surface area (Å²) in [5.41, 5.74) is 1.50. The van der Waals surface area contributed by atoms with Crippen molar-refractivity contribution in [3.05, 3.63) is 21.4 Å². The molecule has 1 aromatic heterocycles. The Balaban J connectivity index is 1.68. The number of hydrogen-bond donors (Lipinski definition) is 1. The van der Waals surface area contributed by atoms with Crippen LogP contribution in [0.4, 0.5) is 0 Å². The first kappa shape index (κ1) is 14.1. The van der Waals surface area contributed by atoms with Crippen LogP contribution in [0.3, 0.4) is 0 Å². The van der Waals surface area contributed by atoms with Gasteiger partial charge in [-0.25, -0.2) is 0 Å². The summed E-state index contributed by atoms with van der Waals surface area (Å²) in [5.74, 6) is 1.03. The molecular formula is C16H27NS. The first-order valence-corrected chi connectivity index (χ1v) is 8.29. The number of hydrogen-bond acceptors (Lipinski definition) is 2. The molecule has 102 valence electrons. The highest BCUT2D eigenvalue weighted by Gasteiger charge is 2.15. The van der Waals surface area contributed by atoms with E-state index in [9.17, 15) is 0 Å². The molecule has 1 nitrogen and oxygen atoms in total. The summed E-state index contributed by atoms with van der Waals surface area (Å²) in [4.78, 5) is 2.91. The van der Waals surface area contributed by atoms with Crippen LogP contribution in [0.25, 0.3) is 0 Å². The lowest BCUT2D eigenvalue weighted by Gasteiger charge is -2.15. The Bertz CT molecular complexity index is 363. The van der Waals surface area contributed by atoms with Gasteiger partial charge in [0.15, 0.2) is 0 Å². The van der Waals surface area contributed by atoms with Gasteiger partial charge in [-0.15, -0.1) is 11.3 Å². The van der Waals surface area contributed by atoms with Crippen LogP contribution >= 0.6 is 11.3 Å². The van der Waals surface area contributed by atoms with Gasteiger partial charge in [0.1, 0.15) is 0 Å². The molecule has 1 atom stereocenters. The Kier molecular flexibility index (Phi) is 5.25. The lowest BCUT2D eigenvalue weighted by molar-refractivity contribution is 0.456. The van der Waals surface area contributed by atoms with Gasteiger partial charge >= 0.3 is 0 Å². The molecule has 1 heterocycles. The number of rotatable bonds is 6. The Labute approximate surface area is 116 Å². The van der Waals surface area contributed by atoms with Gasteiger partial charge in [-0.2, -0.15) is 0 Å². The largest absolute Gasteiger partial charge is 0.310 e. The van der Waals surface area contributed by atoms with Crippen LogP contribution in [-0.4, -0.2) is 6.54 Å². The van der Waals surface area contributed by atoms with Gasteiger partial charge in [0.2, 0.25) is 0 Å². The summed E-state index contributed by atoms with van der Waals surface area (Å²) < 4.78 is 0. The zero-order valence-corrected chi connectivity index (χ0v) is 12.9. The van der Waals surface area contributed by atoms with Crippen molar-refractivity contribution in [2.24, 2.45) is 5.92 Å². The molecule has 1 N–H and O–H groups in total. The highest BCUT2D eigenvalue weighted by Crippen LogP contribution is 2.29. The Morgan fingerprint density at radius 2 is 2.06 bits per heavy atom. The van der Waals surface area contributed by atoms with E-state index in [4.69, 9.17) is 0 Å². The minimum Gasteiger partial charge on any atom is -0.310 e. The zero-order chi connectivity index (χ0) is 13.0. The van der Waals surface area contributed by atoms with Gasteiger partial charge in [-0.05, 0) is 57.7 Å². The maximum absolute atomic E-state index is 3.68. The van der Waals surface area contributed by atoms with Crippen LogP contribution in [0.5, 0.6) is 0 Å². The SMILES string of the molecule is Cc1cc(C(C)NCCCC2CCCC2)c(C)s1. The van der Waals surface area contributed by atoms with E-state index in [0.29, 0.717) is 6.04 Å². The van der Waals surface area contributed by atoms with E-state index in [-0.39, 0.29) is 0 Å². The normalized spacial score (nSPS) is 18.4. The number of thiophene rings is 1. The average Bonchev–Trinajstić information content (AvgIpc) is 2.94. The van der Waals surface area contributed by atoms with Gasteiger partial charge in [0, 0.05) is 15.8 Å². The van der Waals surface area contributed by atoms with Crippen LogP contribution in [0, 0.1) is 19.8 Å². The fraction of sp³-hybridized carbons (Fsp3) is 0.750. The maximum atomic E-state index is 3.68. The monoisotopic (exact) mass is 265 g/mol. The van der Waals surface area contributed by atoms with Crippen molar-refractivity contribution < 1.29 is 0 Å².